The first-order valence-electron chi connectivity index (χ1n) is 12.6. The van der Waals surface area contributed by atoms with Gasteiger partial charge in [0.2, 0.25) is 0 Å². The molecule has 11 nitrogen and oxygen atoms in total. The Morgan fingerprint density at radius 1 is 0.541 bits per heavy atom. The second-order valence-corrected chi connectivity index (χ2v) is 9.79. The van der Waals surface area contributed by atoms with E-state index >= 15 is 0 Å². The average molecular weight is 552 g/mol. The van der Waals surface area contributed by atoms with Crippen LogP contribution in [0.15, 0.2) is 29.2 Å². The molecule has 0 amide bonds. The third kappa shape index (κ3) is 20.4. The molecule has 216 valence electrons. The number of ether oxygens (including phenoxy) is 7. The van der Waals surface area contributed by atoms with Crippen molar-refractivity contribution in [2.24, 2.45) is 0 Å². The van der Waals surface area contributed by atoms with Crippen LogP contribution in [0.4, 0.5) is 0 Å². The van der Waals surface area contributed by atoms with Crippen LogP contribution in [0.5, 0.6) is 0 Å². The first kappa shape index (κ1) is 33.8. The monoisotopic (exact) mass is 551 g/mol. The summed E-state index contributed by atoms with van der Waals surface area (Å²) in [7, 11) is 0.263. The van der Waals surface area contributed by atoms with Gasteiger partial charge in [0, 0.05) is 6.54 Å². The molecular formula is C25H45NO10S. The quantitative estimate of drug-likeness (QED) is 0.123. The van der Waals surface area contributed by atoms with Gasteiger partial charge >= 0.3 is 0 Å². The molecule has 0 aliphatic rings. The number of nitrogens with zero attached hydrogens (tertiary/aromatic N) is 1. The summed E-state index contributed by atoms with van der Waals surface area (Å²) in [6, 6.07) is 6.49. The second-order valence-electron chi connectivity index (χ2n) is 8.18. The summed E-state index contributed by atoms with van der Waals surface area (Å²) in [5, 5.41) is 0. The Balaban J connectivity index is 1.75. The second kappa shape index (κ2) is 22.8. The molecule has 0 aromatic heterocycles. The van der Waals surface area contributed by atoms with Crippen LogP contribution >= 0.6 is 0 Å². The molecule has 1 aromatic carbocycles. The molecule has 1 aromatic rings. The van der Waals surface area contributed by atoms with Crippen molar-refractivity contribution in [2.75, 3.05) is 120 Å². The third-order valence-electron chi connectivity index (χ3n) is 4.69. The number of rotatable bonds is 26. The lowest BCUT2D eigenvalue weighted by Crippen LogP contribution is -2.19. The highest BCUT2D eigenvalue weighted by Crippen LogP contribution is 2.12. The van der Waals surface area contributed by atoms with Crippen LogP contribution in [0.2, 0.25) is 0 Å². The molecule has 0 atom stereocenters. The molecular weight excluding hydrogens is 506 g/mol. The van der Waals surface area contributed by atoms with Crippen molar-refractivity contribution in [3.8, 4) is 0 Å². The van der Waals surface area contributed by atoms with Gasteiger partial charge in [0.15, 0.2) is 0 Å². The lowest BCUT2D eigenvalue weighted by atomic mass is 10.2. The zero-order chi connectivity index (χ0) is 27.0. The predicted octanol–water partition coefficient (Wildman–Crippen LogP) is 1.38. The lowest BCUT2D eigenvalue weighted by Gasteiger charge is -2.10. The number of aryl methyl sites for hydroxylation is 1. The molecule has 0 spiro atoms. The van der Waals surface area contributed by atoms with Gasteiger partial charge in [-0.25, -0.2) is 0 Å². The molecule has 1 rings (SSSR count). The van der Waals surface area contributed by atoms with Crippen molar-refractivity contribution in [1.29, 1.82) is 0 Å². The molecule has 0 heterocycles. The minimum atomic E-state index is -3.76. The molecule has 0 bridgehead atoms. The van der Waals surface area contributed by atoms with Gasteiger partial charge < -0.3 is 38.1 Å². The van der Waals surface area contributed by atoms with Crippen LogP contribution in [0, 0.1) is 6.92 Å². The van der Waals surface area contributed by atoms with Gasteiger partial charge in [-0.2, -0.15) is 8.42 Å². The van der Waals surface area contributed by atoms with Gasteiger partial charge in [-0.3, -0.25) is 4.18 Å². The fourth-order valence-corrected chi connectivity index (χ4v) is 3.54. The topological polar surface area (TPSA) is 111 Å². The summed E-state index contributed by atoms with van der Waals surface area (Å²) in [5.41, 5.74) is 0.980. The smallest absolute Gasteiger partial charge is 0.297 e. The third-order valence-corrected chi connectivity index (χ3v) is 6.02. The maximum Gasteiger partial charge on any atom is 0.297 e. The van der Waals surface area contributed by atoms with Crippen molar-refractivity contribution in [3.05, 3.63) is 29.8 Å². The van der Waals surface area contributed by atoms with Gasteiger partial charge in [0.25, 0.3) is 10.1 Å². The van der Waals surface area contributed by atoms with Crippen molar-refractivity contribution >= 4 is 10.1 Å². The number of hydrogen-bond acceptors (Lipinski definition) is 11. The summed E-state index contributed by atoms with van der Waals surface area (Å²) < 4.78 is 66.9. The molecule has 0 radical (unpaired) electrons. The van der Waals surface area contributed by atoms with Crippen LogP contribution in [0.3, 0.4) is 0 Å². The van der Waals surface area contributed by atoms with E-state index in [0.29, 0.717) is 85.9 Å². The number of benzene rings is 1. The van der Waals surface area contributed by atoms with Crippen molar-refractivity contribution in [1.82, 2.24) is 4.90 Å². The Bertz CT molecular complexity index is 746. The van der Waals surface area contributed by atoms with Gasteiger partial charge in [-0.1, -0.05) is 17.7 Å². The van der Waals surface area contributed by atoms with Gasteiger partial charge in [-0.05, 0) is 33.2 Å². The van der Waals surface area contributed by atoms with Crippen LogP contribution in [0.1, 0.15) is 5.56 Å². The fourth-order valence-electron chi connectivity index (χ4n) is 2.64. The minimum Gasteiger partial charge on any atom is -0.378 e. The number of likely N-dealkylation sites (N-methyl/N-ethyl adjacent to an activating group) is 1. The van der Waals surface area contributed by atoms with Crippen molar-refractivity contribution in [2.45, 2.75) is 11.8 Å². The average Bonchev–Trinajstić information content (AvgIpc) is 2.86. The first-order valence-corrected chi connectivity index (χ1v) is 14.0. The largest absolute Gasteiger partial charge is 0.378 e. The molecule has 0 unspecified atom stereocenters. The Labute approximate surface area is 222 Å². The Morgan fingerprint density at radius 3 is 1.22 bits per heavy atom. The predicted molar refractivity (Wildman–Crippen MR) is 139 cm³/mol. The highest BCUT2D eigenvalue weighted by atomic mass is 32.2. The Kier molecular flexibility index (Phi) is 20.8. The van der Waals surface area contributed by atoms with E-state index < -0.39 is 10.1 Å². The van der Waals surface area contributed by atoms with Gasteiger partial charge in [0.1, 0.15) is 0 Å². The summed E-state index contributed by atoms with van der Waals surface area (Å²) in [6.45, 7) is 9.41. The van der Waals surface area contributed by atoms with E-state index in [0.717, 1.165) is 12.1 Å². The minimum absolute atomic E-state index is 0.0505. The van der Waals surface area contributed by atoms with E-state index in [1.54, 1.807) is 12.1 Å². The van der Waals surface area contributed by atoms with E-state index in [1.807, 2.05) is 21.0 Å². The van der Waals surface area contributed by atoms with E-state index in [1.165, 1.54) is 12.1 Å². The molecule has 0 aliphatic heterocycles. The Morgan fingerprint density at radius 2 is 0.865 bits per heavy atom. The van der Waals surface area contributed by atoms with Gasteiger partial charge in [-0.15, -0.1) is 0 Å². The molecule has 0 aliphatic carbocycles. The van der Waals surface area contributed by atoms with E-state index in [-0.39, 0.29) is 18.1 Å². The van der Waals surface area contributed by atoms with E-state index in [4.69, 9.17) is 37.3 Å². The molecule has 37 heavy (non-hydrogen) atoms. The molecule has 0 N–H and O–H groups in total. The summed E-state index contributed by atoms with van der Waals surface area (Å²) in [5.74, 6) is 0. The maximum atomic E-state index is 12.0. The zero-order valence-corrected chi connectivity index (χ0v) is 23.4. The normalized spacial score (nSPS) is 12.0. The molecule has 0 saturated carbocycles. The van der Waals surface area contributed by atoms with Crippen LogP contribution in [0.25, 0.3) is 0 Å². The van der Waals surface area contributed by atoms with Crippen LogP contribution in [-0.2, 0) is 47.5 Å². The molecule has 0 fully saturated rings. The fraction of sp³-hybridized carbons (Fsp3) is 0.760. The van der Waals surface area contributed by atoms with Crippen molar-refractivity contribution < 1.29 is 45.8 Å². The SMILES string of the molecule is Cc1ccc(S(=O)(=O)OCCOCCOCCOCCOCCOCCOCCOCCN(C)C)cc1. The first-order chi connectivity index (χ1) is 17.9. The summed E-state index contributed by atoms with van der Waals surface area (Å²) in [6.07, 6.45) is 0. The van der Waals surface area contributed by atoms with Crippen LogP contribution < -0.4 is 0 Å². The van der Waals surface area contributed by atoms with Gasteiger partial charge in [0.05, 0.1) is 104 Å². The molecule has 12 heteroatoms. The van der Waals surface area contributed by atoms with E-state index in [2.05, 4.69) is 4.90 Å². The highest BCUT2D eigenvalue weighted by Gasteiger charge is 2.14. The zero-order valence-electron chi connectivity index (χ0n) is 22.6. The maximum absolute atomic E-state index is 12.0. The van der Waals surface area contributed by atoms with E-state index in [9.17, 15) is 8.42 Å². The molecule has 0 saturated heterocycles. The summed E-state index contributed by atoms with van der Waals surface area (Å²) >= 11 is 0. The lowest BCUT2D eigenvalue weighted by molar-refractivity contribution is -0.0214. The Hall–Kier alpha value is -1.19. The van der Waals surface area contributed by atoms with Crippen molar-refractivity contribution in [3.63, 3.8) is 0 Å². The number of hydrogen-bond donors (Lipinski definition) is 0. The standard InChI is InChI=1S/C25H45NO10S/c1-24-4-6-25(7-5-24)37(27,28)36-23-22-35-21-20-34-19-18-33-17-16-32-15-14-31-13-12-30-11-10-29-9-8-26(2)3/h4-7H,8-23H2,1-3H3. The van der Waals surface area contributed by atoms with Crippen LogP contribution in [-0.4, -0.2) is 133 Å². The highest BCUT2D eigenvalue weighted by molar-refractivity contribution is 7.86. The summed E-state index contributed by atoms with van der Waals surface area (Å²) in [4.78, 5) is 2.21.